The number of carbonyl (C=O) groups is 1. The summed E-state index contributed by atoms with van der Waals surface area (Å²) >= 11 is 0. The molecule has 3 aromatic rings. The molecule has 0 atom stereocenters. The highest BCUT2D eigenvalue weighted by atomic mass is 16.5. The number of nitrogens with one attached hydrogen (secondary N) is 3. The summed E-state index contributed by atoms with van der Waals surface area (Å²) in [5.74, 6) is 1.28. The van der Waals surface area contributed by atoms with Gasteiger partial charge in [-0.25, -0.2) is 20.2 Å². The first kappa shape index (κ1) is 20.7. The van der Waals surface area contributed by atoms with E-state index in [0.29, 0.717) is 18.8 Å². The largest absolute Gasteiger partial charge is 0.465 e. The third kappa shape index (κ3) is 4.26. The second-order valence-corrected chi connectivity index (χ2v) is 7.61. The minimum absolute atomic E-state index is 0.359. The Balaban J connectivity index is 1.43. The Hall–Kier alpha value is -4.24. The van der Waals surface area contributed by atoms with Crippen LogP contribution in [0.1, 0.15) is 27.6 Å². The van der Waals surface area contributed by atoms with Gasteiger partial charge < -0.3 is 15.0 Å². The molecule has 0 fully saturated rings. The molecular weight excluding hydrogens is 418 g/mol. The van der Waals surface area contributed by atoms with E-state index >= 15 is 0 Å². The molecule has 0 aliphatic carbocycles. The van der Waals surface area contributed by atoms with Gasteiger partial charge in [0, 0.05) is 23.2 Å². The van der Waals surface area contributed by atoms with Gasteiger partial charge in [-0.15, -0.1) is 0 Å². The molecule has 2 aromatic heterocycles. The number of H-pyrrole nitrogens is 1. The van der Waals surface area contributed by atoms with Gasteiger partial charge in [0.15, 0.2) is 0 Å². The third-order valence-corrected chi connectivity index (χ3v) is 5.35. The van der Waals surface area contributed by atoms with Crippen molar-refractivity contribution in [3.63, 3.8) is 0 Å². The maximum Gasteiger partial charge on any atom is 0.337 e. The van der Waals surface area contributed by atoms with Crippen LogP contribution in [-0.2, 0) is 11.3 Å². The number of rotatable bonds is 6. The fourth-order valence-electron chi connectivity index (χ4n) is 3.69. The molecule has 33 heavy (non-hydrogen) atoms. The van der Waals surface area contributed by atoms with Crippen molar-refractivity contribution in [1.29, 1.82) is 0 Å². The van der Waals surface area contributed by atoms with E-state index in [4.69, 9.17) is 14.7 Å². The summed E-state index contributed by atoms with van der Waals surface area (Å²) in [6.45, 7) is 3.00. The van der Waals surface area contributed by atoms with Crippen LogP contribution in [0.15, 0.2) is 65.8 Å². The molecule has 9 nitrogen and oxygen atoms in total. The van der Waals surface area contributed by atoms with Crippen molar-refractivity contribution in [3.05, 3.63) is 83.6 Å². The number of fused-ring (bicyclic) bond motifs is 1. The van der Waals surface area contributed by atoms with Crippen LogP contribution >= 0.6 is 0 Å². The van der Waals surface area contributed by atoms with Crippen LogP contribution in [0, 0.1) is 6.92 Å². The molecule has 0 unspecified atom stereocenters. The van der Waals surface area contributed by atoms with E-state index < -0.39 is 0 Å². The van der Waals surface area contributed by atoms with Crippen molar-refractivity contribution in [1.82, 2.24) is 25.4 Å². The van der Waals surface area contributed by atoms with Crippen LogP contribution in [0.4, 0.5) is 5.69 Å². The number of methoxy groups -OCH3 is 1. The first-order chi connectivity index (χ1) is 16.1. The van der Waals surface area contributed by atoms with Gasteiger partial charge in [-0.2, -0.15) is 0 Å². The average molecular weight is 441 g/mol. The summed E-state index contributed by atoms with van der Waals surface area (Å²) in [6, 6.07) is 13.1. The Morgan fingerprint density at radius 3 is 2.79 bits per heavy atom. The molecule has 4 heterocycles. The number of hydrogen-bond donors (Lipinski definition) is 3. The molecular formula is C24H23N7O2. The number of esters is 1. The van der Waals surface area contributed by atoms with E-state index in [2.05, 4.69) is 20.7 Å². The number of carbonyl (C=O) groups excluding carboxylic acids is 1. The van der Waals surface area contributed by atoms with Gasteiger partial charge in [0.25, 0.3) is 0 Å². The van der Waals surface area contributed by atoms with Gasteiger partial charge in [-0.05, 0) is 55.5 Å². The summed E-state index contributed by atoms with van der Waals surface area (Å²) in [7, 11) is 1.37. The lowest BCUT2D eigenvalue weighted by Gasteiger charge is -2.18. The second kappa shape index (κ2) is 8.71. The number of imidazole rings is 1. The fraction of sp³-hybridized carbons (Fsp3) is 0.167. The summed E-state index contributed by atoms with van der Waals surface area (Å²) in [5.41, 5.74) is 8.95. The maximum absolute atomic E-state index is 11.6. The van der Waals surface area contributed by atoms with Gasteiger partial charge in [-0.3, -0.25) is 9.99 Å². The van der Waals surface area contributed by atoms with Crippen LogP contribution in [0.5, 0.6) is 0 Å². The van der Waals surface area contributed by atoms with Gasteiger partial charge in [0.05, 0.1) is 36.3 Å². The SMILES string of the molecule is COC(=O)c1ccc(NCc2nc(C3=CN4NCN=C4C=C3)c(-c3cccc(C)n3)[nH]2)cc1. The zero-order valence-electron chi connectivity index (χ0n) is 18.3. The van der Waals surface area contributed by atoms with Gasteiger partial charge in [0.1, 0.15) is 18.3 Å². The molecule has 0 amide bonds. The van der Waals surface area contributed by atoms with Gasteiger partial charge >= 0.3 is 5.97 Å². The number of aromatic amines is 1. The van der Waals surface area contributed by atoms with E-state index in [0.717, 1.165) is 45.7 Å². The minimum atomic E-state index is -0.359. The molecule has 2 aliphatic rings. The van der Waals surface area contributed by atoms with Crippen LogP contribution in [-0.4, -0.2) is 45.5 Å². The van der Waals surface area contributed by atoms with Crippen molar-refractivity contribution < 1.29 is 9.53 Å². The molecule has 9 heteroatoms. The zero-order valence-corrected chi connectivity index (χ0v) is 18.3. The monoisotopic (exact) mass is 441 g/mol. The number of hydrogen-bond acceptors (Lipinski definition) is 8. The summed E-state index contributed by atoms with van der Waals surface area (Å²) in [6.07, 6.45) is 5.98. The molecule has 1 aromatic carbocycles. The third-order valence-electron chi connectivity index (χ3n) is 5.35. The first-order valence-electron chi connectivity index (χ1n) is 10.5. The fourth-order valence-corrected chi connectivity index (χ4v) is 3.69. The number of allylic oxidation sites excluding steroid dienone is 2. The van der Waals surface area contributed by atoms with Crippen molar-refractivity contribution >= 4 is 23.1 Å². The van der Waals surface area contributed by atoms with Crippen molar-refractivity contribution in [2.24, 2.45) is 4.99 Å². The Morgan fingerprint density at radius 1 is 1.15 bits per heavy atom. The number of ether oxygens (including phenoxy) is 1. The Morgan fingerprint density at radius 2 is 2.00 bits per heavy atom. The maximum atomic E-state index is 11.6. The van der Waals surface area contributed by atoms with Crippen LogP contribution in [0.3, 0.4) is 0 Å². The quantitative estimate of drug-likeness (QED) is 0.504. The Bertz CT molecular complexity index is 1290. The number of anilines is 1. The van der Waals surface area contributed by atoms with E-state index in [1.165, 1.54) is 7.11 Å². The van der Waals surface area contributed by atoms with E-state index in [9.17, 15) is 4.79 Å². The molecule has 3 N–H and O–H groups in total. The van der Waals surface area contributed by atoms with Crippen LogP contribution in [0.2, 0.25) is 0 Å². The number of amidine groups is 1. The molecule has 0 saturated carbocycles. The number of nitrogens with zero attached hydrogens (tertiary/aromatic N) is 4. The number of benzene rings is 1. The highest BCUT2D eigenvalue weighted by Crippen LogP contribution is 2.29. The molecule has 2 aliphatic heterocycles. The summed E-state index contributed by atoms with van der Waals surface area (Å²) in [5, 5.41) is 5.24. The van der Waals surface area contributed by atoms with Crippen LogP contribution < -0.4 is 10.7 Å². The van der Waals surface area contributed by atoms with Crippen molar-refractivity contribution in [2.75, 3.05) is 19.1 Å². The highest BCUT2D eigenvalue weighted by Gasteiger charge is 2.22. The van der Waals surface area contributed by atoms with E-state index in [1.807, 2.05) is 60.6 Å². The van der Waals surface area contributed by atoms with Crippen LogP contribution in [0.25, 0.3) is 17.0 Å². The summed E-state index contributed by atoms with van der Waals surface area (Å²) in [4.78, 5) is 29.0. The predicted octanol–water partition coefficient (Wildman–Crippen LogP) is 3.27. The number of hydrazine groups is 1. The Labute approximate surface area is 190 Å². The number of aliphatic imine (C=N–C) groups is 1. The predicted molar refractivity (Wildman–Crippen MR) is 126 cm³/mol. The Kier molecular flexibility index (Phi) is 5.45. The number of pyridine rings is 1. The second-order valence-electron chi connectivity index (χ2n) is 7.61. The molecule has 0 radical (unpaired) electrons. The first-order valence-corrected chi connectivity index (χ1v) is 10.5. The normalized spacial score (nSPS) is 14.5. The topological polar surface area (TPSA) is 108 Å². The zero-order chi connectivity index (χ0) is 22.8. The van der Waals surface area contributed by atoms with E-state index in [1.54, 1.807) is 12.1 Å². The van der Waals surface area contributed by atoms with Crippen molar-refractivity contribution in [3.8, 4) is 11.4 Å². The minimum Gasteiger partial charge on any atom is -0.465 e. The lowest BCUT2D eigenvalue weighted by Crippen LogP contribution is -2.32. The molecule has 0 bridgehead atoms. The molecule has 0 saturated heterocycles. The highest BCUT2D eigenvalue weighted by molar-refractivity contribution is 6.00. The number of aryl methyl sites for hydroxylation is 1. The van der Waals surface area contributed by atoms with Crippen molar-refractivity contribution in [2.45, 2.75) is 13.5 Å². The van der Waals surface area contributed by atoms with Gasteiger partial charge in [0.2, 0.25) is 0 Å². The lowest BCUT2D eigenvalue weighted by molar-refractivity contribution is 0.0601. The lowest BCUT2D eigenvalue weighted by atomic mass is 10.1. The number of aromatic nitrogens is 3. The summed E-state index contributed by atoms with van der Waals surface area (Å²) < 4.78 is 4.75. The molecule has 166 valence electrons. The molecule has 0 spiro atoms. The molecule has 5 rings (SSSR count). The van der Waals surface area contributed by atoms with E-state index in [-0.39, 0.29) is 5.97 Å². The average Bonchev–Trinajstić information content (AvgIpc) is 3.49. The standard InChI is InChI=1S/C24H23N7O2/c1-15-4-3-5-19(28-15)23-22(17-8-11-21-26-14-27-31(21)13-17)29-20(30-23)12-25-18-9-6-16(7-10-18)24(32)33-2/h3-11,13,25,27H,12,14H2,1-2H3,(H,29,30). The van der Waals surface area contributed by atoms with Gasteiger partial charge in [-0.1, -0.05) is 6.07 Å². The smallest absolute Gasteiger partial charge is 0.337 e.